The van der Waals surface area contributed by atoms with E-state index in [2.05, 4.69) is 10.5 Å². The second-order valence-electron chi connectivity index (χ2n) is 3.84. The summed E-state index contributed by atoms with van der Waals surface area (Å²) in [7, 11) is 0. The van der Waals surface area contributed by atoms with Gasteiger partial charge in [0.2, 0.25) is 0 Å². The van der Waals surface area contributed by atoms with Crippen LogP contribution in [-0.4, -0.2) is 23.6 Å². The van der Waals surface area contributed by atoms with Crippen LogP contribution in [-0.2, 0) is 0 Å². The van der Waals surface area contributed by atoms with E-state index in [0.29, 0.717) is 11.4 Å². The topological polar surface area (TPSA) is 110 Å². The van der Waals surface area contributed by atoms with Crippen molar-refractivity contribution in [2.24, 2.45) is 10.9 Å². The number of rotatable bonds is 5. The minimum absolute atomic E-state index is 0.0192. The number of hydrogen-bond acceptors (Lipinski definition) is 5. The number of amidine groups is 1. The van der Waals surface area contributed by atoms with Crippen LogP contribution in [0.2, 0.25) is 0 Å². The molecular weight excluding hydrogens is 262 g/mol. The van der Waals surface area contributed by atoms with Crippen molar-refractivity contribution >= 4 is 17.4 Å². The maximum Gasteiger partial charge on any atom is 0.291 e. The quantitative estimate of drug-likeness (QED) is 0.332. The molecule has 1 aromatic carbocycles. The number of furan rings is 1. The van der Waals surface area contributed by atoms with Crippen LogP contribution in [0.3, 0.4) is 0 Å². The van der Waals surface area contributed by atoms with Crippen LogP contribution in [0.4, 0.5) is 5.69 Å². The van der Waals surface area contributed by atoms with E-state index < -0.39 is 0 Å². The molecule has 1 heterocycles. The summed E-state index contributed by atoms with van der Waals surface area (Å²) >= 11 is 0. The third-order valence-corrected chi connectivity index (χ3v) is 2.37. The minimum atomic E-state index is -0.333. The number of nitrogens with one attached hydrogen (secondary N) is 1. The predicted molar refractivity (Wildman–Crippen MR) is 72.0 cm³/mol. The standard InChI is InChI=1S/C13H13N3O4/c14-12(16-18)8-20-10-5-3-9(4-6-10)15-13(17)11-2-1-7-19-11/h1-7,18H,8H2,(H2,14,16)(H,15,17). The van der Waals surface area contributed by atoms with Crippen LogP contribution in [0.25, 0.3) is 0 Å². The zero-order chi connectivity index (χ0) is 14.4. The van der Waals surface area contributed by atoms with Crippen LogP contribution >= 0.6 is 0 Å². The Morgan fingerprint density at radius 2 is 2.10 bits per heavy atom. The summed E-state index contributed by atoms with van der Waals surface area (Å²) in [6, 6.07) is 9.86. The highest BCUT2D eigenvalue weighted by atomic mass is 16.5. The smallest absolute Gasteiger partial charge is 0.291 e. The van der Waals surface area contributed by atoms with Crippen molar-refractivity contribution in [3.8, 4) is 5.75 Å². The molecule has 0 saturated carbocycles. The molecule has 0 radical (unpaired) electrons. The molecule has 1 aromatic heterocycles. The van der Waals surface area contributed by atoms with Crippen LogP contribution < -0.4 is 15.8 Å². The second kappa shape index (κ2) is 6.28. The SMILES string of the molecule is N/C(COc1ccc(NC(=O)c2ccco2)cc1)=N\O. The molecule has 0 fully saturated rings. The highest BCUT2D eigenvalue weighted by molar-refractivity contribution is 6.02. The van der Waals surface area contributed by atoms with E-state index in [1.807, 2.05) is 0 Å². The number of benzene rings is 1. The Labute approximate surface area is 114 Å². The van der Waals surface area contributed by atoms with Crippen molar-refractivity contribution in [2.45, 2.75) is 0 Å². The molecule has 0 aliphatic carbocycles. The summed E-state index contributed by atoms with van der Waals surface area (Å²) in [5.74, 6) is 0.408. The zero-order valence-corrected chi connectivity index (χ0v) is 10.4. The van der Waals surface area contributed by atoms with Gasteiger partial charge in [-0.2, -0.15) is 0 Å². The molecule has 0 unspecified atom stereocenters. The fourth-order valence-corrected chi connectivity index (χ4v) is 1.42. The van der Waals surface area contributed by atoms with E-state index in [1.165, 1.54) is 6.26 Å². The Bertz CT molecular complexity index is 591. The maximum atomic E-state index is 11.7. The maximum absolute atomic E-state index is 11.7. The molecule has 0 atom stereocenters. The molecule has 7 nitrogen and oxygen atoms in total. The molecule has 0 spiro atoms. The van der Waals surface area contributed by atoms with Gasteiger partial charge in [0.05, 0.1) is 6.26 Å². The van der Waals surface area contributed by atoms with Gasteiger partial charge in [0.15, 0.2) is 11.6 Å². The van der Waals surface area contributed by atoms with E-state index in [1.54, 1.807) is 36.4 Å². The first-order valence-corrected chi connectivity index (χ1v) is 5.73. The molecule has 0 bridgehead atoms. The van der Waals surface area contributed by atoms with Crippen molar-refractivity contribution in [2.75, 3.05) is 11.9 Å². The minimum Gasteiger partial charge on any atom is -0.486 e. The Morgan fingerprint density at radius 1 is 1.35 bits per heavy atom. The zero-order valence-electron chi connectivity index (χ0n) is 10.4. The van der Waals surface area contributed by atoms with Gasteiger partial charge in [-0.05, 0) is 36.4 Å². The van der Waals surface area contributed by atoms with Crippen LogP contribution in [0.15, 0.2) is 52.2 Å². The van der Waals surface area contributed by atoms with Crippen molar-refractivity contribution in [1.29, 1.82) is 0 Å². The van der Waals surface area contributed by atoms with Crippen LogP contribution in [0.1, 0.15) is 10.6 Å². The first-order chi connectivity index (χ1) is 9.69. The van der Waals surface area contributed by atoms with Crippen LogP contribution in [0.5, 0.6) is 5.75 Å². The van der Waals surface area contributed by atoms with Gasteiger partial charge in [0, 0.05) is 5.69 Å². The third kappa shape index (κ3) is 3.52. The molecule has 2 aromatic rings. The number of hydrogen-bond donors (Lipinski definition) is 3. The average molecular weight is 275 g/mol. The molecule has 7 heteroatoms. The van der Waals surface area contributed by atoms with Crippen LogP contribution in [0, 0.1) is 0 Å². The van der Waals surface area contributed by atoms with Crippen molar-refractivity contribution in [3.05, 3.63) is 48.4 Å². The number of nitrogens with zero attached hydrogens (tertiary/aromatic N) is 1. The summed E-state index contributed by atoms with van der Waals surface area (Å²) in [6.45, 7) is -0.0192. The second-order valence-corrected chi connectivity index (χ2v) is 3.84. The summed E-state index contributed by atoms with van der Waals surface area (Å²) in [5.41, 5.74) is 5.88. The van der Waals surface area contributed by atoms with E-state index in [9.17, 15) is 4.79 Å². The van der Waals surface area contributed by atoms with Gasteiger partial charge in [0.1, 0.15) is 12.4 Å². The fourth-order valence-electron chi connectivity index (χ4n) is 1.42. The number of nitrogens with two attached hydrogens (primary N) is 1. The Balaban J connectivity index is 1.93. The van der Waals surface area contributed by atoms with Crippen molar-refractivity contribution in [3.63, 3.8) is 0 Å². The Morgan fingerprint density at radius 3 is 2.70 bits per heavy atom. The molecule has 0 aliphatic heterocycles. The van der Waals surface area contributed by atoms with Gasteiger partial charge in [-0.15, -0.1) is 0 Å². The Kier molecular flexibility index (Phi) is 4.23. The highest BCUT2D eigenvalue weighted by Gasteiger charge is 2.08. The van der Waals surface area contributed by atoms with Gasteiger partial charge in [-0.1, -0.05) is 5.16 Å². The van der Waals surface area contributed by atoms with E-state index in [0.717, 1.165) is 0 Å². The number of ether oxygens (including phenoxy) is 1. The molecule has 4 N–H and O–H groups in total. The predicted octanol–water partition coefficient (Wildman–Crippen LogP) is 1.66. The van der Waals surface area contributed by atoms with Gasteiger partial charge in [-0.3, -0.25) is 4.79 Å². The molecular formula is C13H13N3O4. The summed E-state index contributed by atoms with van der Waals surface area (Å²) in [4.78, 5) is 11.7. The van der Waals surface area contributed by atoms with Gasteiger partial charge < -0.3 is 25.4 Å². The molecule has 20 heavy (non-hydrogen) atoms. The lowest BCUT2D eigenvalue weighted by Crippen LogP contribution is -2.20. The Hall–Kier alpha value is -2.96. The third-order valence-electron chi connectivity index (χ3n) is 2.37. The lowest BCUT2D eigenvalue weighted by Gasteiger charge is -2.07. The van der Waals surface area contributed by atoms with Gasteiger partial charge in [-0.25, -0.2) is 0 Å². The molecule has 0 saturated heterocycles. The molecule has 2 rings (SSSR count). The number of carbonyl (C=O) groups is 1. The van der Waals surface area contributed by atoms with Gasteiger partial charge in [0.25, 0.3) is 5.91 Å². The first kappa shape index (κ1) is 13.5. The lowest BCUT2D eigenvalue weighted by molar-refractivity contribution is 0.0996. The first-order valence-electron chi connectivity index (χ1n) is 5.73. The lowest BCUT2D eigenvalue weighted by atomic mass is 10.3. The van der Waals surface area contributed by atoms with E-state index in [-0.39, 0.29) is 24.1 Å². The number of oxime groups is 1. The summed E-state index contributed by atoms with van der Waals surface area (Å²) in [5, 5.41) is 13.8. The number of amides is 1. The van der Waals surface area contributed by atoms with E-state index >= 15 is 0 Å². The molecule has 1 amide bonds. The van der Waals surface area contributed by atoms with Crippen molar-refractivity contribution in [1.82, 2.24) is 0 Å². The summed E-state index contributed by atoms with van der Waals surface area (Å²) in [6.07, 6.45) is 1.43. The fraction of sp³-hybridized carbons (Fsp3) is 0.0769. The highest BCUT2D eigenvalue weighted by Crippen LogP contribution is 2.16. The molecule has 104 valence electrons. The monoisotopic (exact) mass is 275 g/mol. The molecule has 0 aliphatic rings. The van der Waals surface area contributed by atoms with Gasteiger partial charge >= 0.3 is 0 Å². The average Bonchev–Trinajstić information content (AvgIpc) is 3.00. The largest absolute Gasteiger partial charge is 0.486 e. The number of carbonyl (C=O) groups excluding carboxylic acids is 1. The number of anilines is 1. The van der Waals surface area contributed by atoms with Crippen molar-refractivity contribution < 1.29 is 19.2 Å². The summed E-state index contributed by atoms with van der Waals surface area (Å²) < 4.78 is 10.2. The normalized spacial score (nSPS) is 11.1. The van der Waals surface area contributed by atoms with E-state index in [4.69, 9.17) is 20.1 Å².